The van der Waals surface area contributed by atoms with E-state index >= 15 is 0 Å². The Bertz CT molecular complexity index is 913. The van der Waals surface area contributed by atoms with Gasteiger partial charge >= 0.3 is 0 Å². The number of halogens is 1. The van der Waals surface area contributed by atoms with E-state index < -0.39 is 0 Å². The van der Waals surface area contributed by atoms with Gasteiger partial charge in [0, 0.05) is 29.0 Å². The molecular formula is C21H23ClN4O. The molecule has 3 aromatic rings. The van der Waals surface area contributed by atoms with E-state index in [9.17, 15) is 0 Å². The lowest BCUT2D eigenvalue weighted by molar-refractivity contribution is 0.414. The van der Waals surface area contributed by atoms with Crippen molar-refractivity contribution in [3.63, 3.8) is 0 Å². The van der Waals surface area contributed by atoms with Gasteiger partial charge in [-0.05, 0) is 61.7 Å². The molecule has 0 aliphatic rings. The predicted molar refractivity (Wildman–Crippen MR) is 111 cm³/mol. The molecule has 5 nitrogen and oxygen atoms in total. The number of rotatable bonds is 7. The minimum atomic E-state index is 0.562. The number of nitrogens with one attached hydrogen (secondary N) is 2. The summed E-state index contributed by atoms with van der Waals surface area (Å²) in [6, 6.07) is 15.7. The van der Waals surface area contributed by atoms with Gasteiger partial charge in [-0.1, -0.05) is 23.7 Å². The van der Waals surface area contributed by atoms with Crippen LogP contribution in [-0.2, 0) is 6.42 Å². The monoisotopic (exact) mass is 382 g/mol. The van der Waals surface area contributed by atoms with Gasteiger partial charge in [0.2, 0.25) is 5.95 Å². The molecule has 2 N–H and O–H groups in total. The molecule has 0 spiro atoms. The second-order valence-electron chi connectivity index (χ2n) is 6.33. The lowest BCUT2D eigenvalue weighted by Crippen LogP contribution is -2.09. The zero-order valence-electron chi connectivity index (χ0n) is 15.7. The molecule has 0 aliphatic heterocycles. The Morgan fingerprint density at radius 1 is 1.00 bits per heavy atom. The normalized spacial score (nSPS) is 10.5. The first kappa shape index (κ1) is 19.0. The van der Waals surface area contributed by atoms with Crippen molar-refractivity contribution in [2.75, 3.05) is 24.3 Å². The molecule has 0 bridgehead atoms. The molecule has 1 aromatic heterocycles. The van der Waals surface area contributed by atoms with E-state index in [1.54, 1.807) is 7.11 Å². The fourth-order valence-electron chi connectivity index (χ4n) is 2.73. The van der Waals surface area contributed by atoms with E-state index in [2.05, 4.69) is 32.7 Å². The molecule has 2 aromatic carbocycles. The summed E-state index contributed by atoms with van der Waals surface area (Å²) in [6.07, 6.45) is 0.895. The van der Waals surface area contributed by atoms with Crippen LogP contribution in [0.1, 0.15) is 16.8 Å². The SMILES string of the molecule is COc1ccc(CCNc2cc(C)nc(Nc3ccc(Cl)cc3C)n2)cc1. The number of aryl methyl sites for hydroxylation is 2. The average molecular weight is 383 g/mol. The number of benzene rings is 2. The third-order valence-corrected chi connectivity index (χ3v) is 4.40. The summed E-state index contributed by atoms with van der Waals surface area (Å²) in [4.78, 5) is 9.03. The van der Waals surface area contributed by atoms with Gasteiger partial charge in [0.25, 0.3) is 0 Å². The number of nitrogens with zero attached hydrogens (tertiary/aromatic N) is 2. The Morgan fingerprint density at radius 3 is 2.48 bits per heavy atom. The third kappa shape index (κ3) is 5.34. The maximum atomic E-state index is 6.02. The molecular weight excluding hydrogens is 360 g/mol. The van der Waals surface area contributed by atoms with E-state index in [4.69, 9.17) is 16.3 Å². The molecule has 0 fully saturated rings. The van der Waals surface area contributed by atoms with Gasteiger partial charge in [-0.3, -0.25) is 0 Å². The Labute approximate surface area is 164 Å². The molecule has 3 rings (SSSR count). The maximum Gasteiger partial charge on any atom is 0.229 e. The third-order valence-electron chi connectivity index (χ3n) is 4.17. The summed E-state index contributed by atoms with van der Waals surface area (Å²) in [5.74, 6) is 2.23. The Kier molecular flexibility index (Phi) is 6.14. The number of methoxy groups -OCH3 is 1. The van der Waals surface area contributed by atoms with E-state index in [0.717, 1.165) is 41.5 Å². The zero-order chi connectivity index (χ0) is 19.2. The molecule has 0 saturated carbocycles. The van der Waals surface area contributed by atoms with E-state index in [-0.39, 0.29) is 0 Å². The molecule has 0 saturated heterocycles. The molecule has 27 heavy (non-hydrogen) atoms. The smallest absolute Gasteiger partial charge is 0.229 e. The van der Waals surface area contributed by atoms with Crippen molar-refractivity contribution in [2.45, 2.75) is 20.3 Å². The second kappa shape index (κ2) is 8.73. The van der Waals surface area contributed by atoms with Crippen LogP contribution >= 0.6 is 11.6 Å². The van der Waals surface area contributed by atoms with Crippen molar-refractivity contribution in [1.82, 2.24) is 9.97 Å². The summed E-state index contributed by atoms with van der Waals surface area (Å²) in [5.41, 5.74) is 4.12. The average Bonchev–Trinajstić information content (AvgIpc) is 2.64. The summed E-state index contributed by atoms with van der Waals surface area (Å²) in [6.45, 7) is 4.73. The fraction of sp³-hybridized carbons (Fsp3) is 0.238. The van der Waals surface area contributed by atoms with Gasteiger partial charge in [-0.15, -0.1) is 0 Å². The van der Waals surface area contributed by atoms with Gasteiger partial charge in [-0.25, -0.2) is 4.98 Å². The molecule has 140 valence electrons. The first-order chi connectivity index (χ1) is 13.0. The van der Waals surface area contributed by atoms with Crippen molar-refractivity contribution in [2.24, 2.45) is 0 Å². The summed E-state index contributed by atoms with van der Waals surface area (Å²) < 4.78 is 5.19. The van der Waals surface area contributed by atoms with Gasteiger partial charge in [0.05, 0.1) is 7.11 Å². The van der Waals surface area contributed by atoms with Crippen LogP contribution in [0.15, 0.2) is 48.5 Å². The molecule has 0 radical (unpaired) electrons. The van der Waals surface area contributed by atoms with E-state index in [1.807, 2.05) is 50.2 Å². The summed E-state index contributed by atoms with van der Waals surface area (Å²) in [7, 11) is 1.67. The molecule has 0 amide bonds. The molecule has 0 aliphatic carbocycles. The van der Waals surface area contributed by atoms with Gasteiger partial charge in [-0.2, -0.15) is 4.98 Å². The minimum Gasteiger partial charge on any atom is -0.497 e. The maximum absolute atomic E-state index is 6.02. The first-order valence-corrected chi connectivity index (χ1v) is 9.17. The predicted octanol–water partition coefficient (Wildman–Crippen LogP) is 5.15. The highest BCUT2D eigenvalue weighted by Crippen LogP contribution is 2.23. The number of hydrogen-bond donors (Lipinski definition) is 2. The Hall–Kier alpha value is -2.79. The number of aromatic nitrogens is 2. The van der Waals surface area contributed by atoms with Crippen molar-refractivity contribution in [3.8, 4) is 5.75 Å². The van der Waals surface area contributed by atoms with Crippen LogP contribution in [0.4, 0.5) is 17.5 Å². The van der Waals surface area contributed by atoms with Crippen LogP contribution in [0.5, 0.6) is 5.75 Å². The lowest BCUT2D eigenvalue weighted by Gasteiger charge is -2.12. The number of anilines is 3. The number of hydrogen-bond acceptors (Lipinski definition) is 5. The highest BCUT2D eigenvalue weighted by molar-refractivity contribution is 6.30. The van der Waals surface area contributed by atoms with Crippen LogP contribution in [0, 0.1) is 13.8 Å². The van der Waals surface area contributed by atoms with Crippen molar-refractivity contribution in [3.05, 3.63) is 70.4 Å². The van der Waals surface area contributed by atoms with Gasteiger partial charge in [0.1, 0.15) is 11.6 Å². The van der Waals surface area contributed by atoms with Gasteiger partial charge in [0.15, 0.2) is 0 Å². The highest BCUT2D eigenvalue weighted by atomic mass is 35.5. The van der Waals surface area contributed by atoms with Crippen LogP contribution in [0.25, 0.3) is 0 Å². The molecule has 0 atom stereocenters. The highest BCUT2D eigenvalue weighted by Gasteiger charge is 2.05. The summed E-state index contributed by atoms with van der Waals surface area (Å²) in [5, 5.41) is 7.35. The Morgan fingerprint density at radius 2 is 1.78 bits per heavy atom. The van der Waals surface area contributed by atoms with Crippen molar-refractivity contribution >= 4 is 29.1 Å². The van der Waals surface area contributed by atoms with Crippen LogP contribution in [-0.4, -0.2) is 23.6 Å². The van der Waals surface area contributed by atoms with Crippen LogP contribution < -0.4 is 15.4 Å². The first-order valence-electron chi connectivity index (χ1n) is 8.79. The van der Waals surface area contributed by atoms with Crippen molar-refractivity contribution in [1.29, 1.82) is 0 Å². The fourth-order valence-corrected chi connectivity index (χ4v) is 2.96. The van der Waals surface area contributed by atoms with Gasteiger partial charge < -0.3 is 15.4 Å². The quantitative estimate of drug-likeness (QED) is 0.591. The standard InChI is InChI=1S/C21H23ClN4O/c1-14-12-17(22)6-9-19(14)25-21-24-15(2)13-20(26-21)23-11-10-16-4-7-18(27-3)8-5-16/h4-9,12-13H,10-11H2,1-3H3,(H2,23,24,25,26). The molecule has 1 heterocycles. The minimum absolute atomic E-state index is 0.562. The van der Waals surface area contributed by atoms with E-state index in [1.165, 1.54) is 5.56 Å². The largest absolute Gasteiger partial charge is 0.497 e. The molecule has 0 unspecified atom stereocenters. The number of ether oxygens (including phenoxy) is 1. The second-order valence-corrected chi connectivity index (χ2v) is 6.76. The van der Waals surface area contributed by atoms with E-state index in [0.29, 0.717) is 11.0 Å². The zero-order valence-corrected chi connectivity index (χ0v) is 16.5. The lowest BCUT2D eigenvalue weighted by atomic mass is 10.1. The van der Waals surface area contributed by atoms with Crippen LogP contribution in [0.3, 0.4) is 0 Å². The topological polar surface area (TPSA) is 59.1 Å². The molecule has 6 heteroatoms. The summed E-state index contributed by atoms with van der Waals surface area (Å²) >= 11 is 6.02. The Balaban J connectivity index is 1.64. The van der Waals surface area contributed by atoms with Crippen molar-refractivity contribution < 1.29 is 4.74 Å². The van der Waals surface area contributed by atoms with Crippen LogP contribution in [0.2, 0.25) is 5.02 Å².